The first-order valence-corrected chi connectivity index (χ1v) is 14.7. The molecule has 8 nitrogen and oxygen atoms in total. The third-order valence-electron chi connectivity index (χ3n) is 8.22. The minimum absolute atomic E-state index is 0.117. The molecule has 3 aromatic rings. The summed E-state index contributed by atoms with van der Waals surface area (Å²) in [4.78, 5) is 42.0. The molecule has 4 atom stereocenters. The molecule has 1 aliphatic carbocycles. The zero-order chi connectivity index (χ0) is 31.8. The van der Waals surface area contributed by atoms with Crippen molar-refractivity contribution in [1.29, 1.82) is 0 Å². The lowest BCUT2D eigenvalue weighted by Crippen LogP contribution is -2.60. The number of anilines is 1. The number of hydrogen-bond acceptors (Lipinski definition) is 5. The van der Waals surface area contributed by atoms with Crippen LogP contribution >= 0.6 is 11.6 Å². The number of fused-ring (bicyclic) bond motifs is 1. The summed E-state index contributed by atoms with van der Waals surface area (Å²) in [5, 5.41) is 16.5. The smallest absolute Gasteiger partial charge is 0.330 e. The maximum atomic E-state index is 14.4. The third-order valence-corrected chi connectivity index (χ3v) is 8.46. The lowest BCUT2D eigenvalue weighted by Gasteiger charge is -2.41. The van der Waals surface area contributed by atoms with E-state index < -0.39 is 46.6 Å². The maximum absolute atomic E-state index is 14.4. The normalized spacial score (nSPS) is 21.4. The number of hydrogen-bond donors (Lipinski definition) is 3. The average Bonchev–Trinajstić information content (AvgIpc) is 3.69. The Morgan fingerprint density at radius 2 is 1.80 bits per heavy atom. The summed E-state index contributed by atoms with van der Waals surface area (Å²) in [5.74, 6) is -1.78. The zero-order valence-corrected chi connectivity index (χ0v) is 25.5. The molecule has 2 aliphatic rings. The fourth-order valence-corrected chi connectivity index (χ4v) is 5.78. The van der Waals surface area contributed by atoms with E-state index in [1.807, 2.05) is 32.9 Å². The van der Waals surface area contributed by atoms with E-state index in [1.165, 1.54) is 23.1 Å². The van der Waals surface area contributed by atoms with Crippen molar-refractivity contribution in [3.8, 4) is 11.5 Å². The van der Waals surface area contributed by atoms with Crippen molar-refractivity contribution in [3.05, 3.63) is 101 Å². The predicted octanol–water partition coefficient (Wildman–Crippen LogP) is 6.20. The minimum atomic E-state index is -1.46. The van der Waals surface area contributed by atoms with Crippen molar-refractivity contribution in [2.75, 3.05) is 5.32 Å². The summed E-state index contributed by atoms with van der Waals surface area (Å²) < 4.78 is 19.6. The Kier molecular flexibility index (Phi) is 8.44. The average molecular weight is 620 g/mol. The van der Waals surface area contributed by atoms with Gasteiger partial charge in [0, 0.05) is 29.6 Å². The van der Waals surface area contributed by atoms with E-state index in [9.17, 15) is 23.9 Å². The molecule has 44 heavy (non-hydrogen) atoms. The molecule has 1 heterocycles. The summed E-state index contributed by atoms with van der Waals surface area (Å²) in [6.07, 6.45) is 1.89. The molecule has 5 rings (SSSR count). The van der Waals surface area contributed by atoms with Crippen LogP contribution in [0.15, 0.2) is 79.4 Å². The zero-order valence-electron chi connectivity index (χ0n) is 24.8. The molecular formula is C34H35ClFN3O5. The van der Waals surface area contributed by atoms with Gasteiger partial charge < -0.3 is 25.4 Å². The summed E-state index contributed by atoms with van der Waals surface area (Å²) in [6, 6.07) is 16.4. The second kappa shape index (κ2) is 12.0. The van der Waals surface area contributed by atoms with Crippen LogP contribution in [0.2, 0.25) is 5.02 Å². The number of amides is 2. The van der Waals surface area contributed by atoms with E-state index in [0.29, 0.717) is 22.2 Å². The number of rotatable bonds is 9. The van der Waals surface area contributed by atoms with E-state index in [-0.39, 0.29) is 25.3 Å². The Balaban J connectivity index is 1.48. The fraction of sp³-hybridized carbons (Fsp3) is 0.324. The Morgan fingerprint density at radius 1 is 1.09 bits per heavy atom. The number of benzene rings is 3. The number of carbonyl (C=O) groups is 3. The van der Waals surface area contributed by atoms with Gasteiger partial charge >= 0.3 is 5.97 Å². The van der Waals surface area contributed by atoms with Crippen LogP contribution in [0, 0.1) is 17.2 Å². The Bertz CT molecular complexity index is 1610. The SMILES string of the molecule is C=C[C@@H]1C[C@]1(NC(=O)C1Cc2cc(Oc3cccc(Cl)c3)ccc2CN1C(=O)[C@@H](Nc1ccc(F)cc1)C(C)(C)C)C(=O)O. The molecule has 1 fully saturated rings. The highest BCUT2D eigenvalue weighted by Crippen LogP contribution is 2.45. The molecule has 0 aromatic heterocycles. The Morgan fingerprint density at radius 3 is 2.41 bits per heavy atom. The van der Waals surface area contributed by atoms with E-state index >= 15 is 0 Å². The van der Waals surface area contributed by atoms with Crippen LogP contribution in [-0.2, 0) is 27.3 Å². The van der Waals surface area contributed by atoms with Crippen molar-refractivity contribution in [2.24, 2.45) is 11.3 Å². The summed E-state index contributed by atoms with van der Waals surface area (Å²) in [5.41, 5.74) is 0.124. The Labute approximate surface area is 260 Å². The topological polar surface area (TPSA) is 108 Å². The first kappa shape index (κ1) is 31.1. The molecule has 0 bridgehead atoms. The summed E-state index contributed by atoms with van der Waals surface area (Å²) >= 11 is 6.11. The van der Waals surface area contributed by atoms with Gasteiger partial charge in [-0.25, -0.2) is 9.18 Å². The maximum Gasteiger partial charge on any atom is 0.330 e. The molecule has 0 radical (unpaired) electrons. The molecule has 3 aromatic carbocycles. The molecule has 0 saturated heterocycles. The lowest BCUT2D eigenvalue weighted by atomic mass is 9.84. The van der Waals surface area contributed by atoms with Gasteiger partial charge in [0.2, 0.25) is 11.8 Å². The molecule has 230 valence electrons. The quantitative estimate of drug-likeness (QED) is 0.246. The van der Waals surface area contributed by atoms with Crippen LogP contribution in [0.3, 0.4) is 0 Å². The Hall–Kier alpha value is -4.37. The number of ether oxygens (including phenoxy) is 1. The minimum Gasteiger partial charge on any atom is -0.479 e. The molecule has 10 heteroatoms. The van der Waals surface area contributed by atoms with Crippen molar-refractivity contribution in [3.63, 3.8) is 0 Å². The number of halogens is 2. The standard InChI is InChI=1S/C34H35ClFN3O5/c1-5-22-18-34(22,32(42)43)38-30(40)28-16-21-15-27(44-26-8-6-7-23(35)17-26)14-9-20(21)19-39(28)31(41)29(33(2,3)4)37-25-12-10-24(36)11-13-25/h5-15,17,22,28-29,37H,1,16,18-19H2,2-4H3,(H,38,40)(H,42,43)/t22-,28?,29-,34-/m1/s1. The second-order valence-electron chi connectivity index (χ2n) is 12.4. The van der Waals surface area contributed by atoms with Crippen molar-refractivity contribution in [2.45, 2.75) is 57.8 Å². The van der Waals surface area contributed by atoms with E-state index in [4.69, 9.17) is 16.3 Å². The predicted molar refractivity (Wildman–Crippen MR) is 166 cm³/mol. The number of aliphatic carboxylic acids is 1. The third kappa shape index (κ3) is 6.43. The fourth-order valence-electron chi connectivity index (χ4n) is 5.60. The van der Waals surface area contributed by atoms with Crippen LogP contribution < -0.4 is 15.4 Å². The van der Waals surface area contributed by atoms with Gasteiger partial charge in [0.1, 0.15) is 34.9 Å². The molecule has 1 aliphatic heterocycles. The van der Waals surface area contributed by atoms with Gasteiger partial charge in [-0.3, -0.25) is 9.59 Å². The number of nitrogens with zero attached hydrogens (tertiary/aromatic N) is 1. The van der Waals surface area contributed by atoms with Crippen molar-refractivity contribution >= 4 is 35.1 Å². The highest BCUT2D eigenvalue weighted by molar-refractivity contribution is 6.30. The number of carbonyl (C=O) groups excluding carboxylic acids is 2. The van der Waals surface area contributed by atoms with E-state index in [2.05, 4.69) is 17.2 Å². The molecule has 2 amide bonds. The van der Waals surface area contributed by atoms with Gasteiger partial charge in [-0.2, -0.15) is 0 Å². The number of carboxylic acid groups (broad SMARTS) is 1. The van der Waals surface area contributed by atoms with Crippen LogP contribution in [0.25, 0.3) is 0 Å². The summed E-state index contributed by atoms with van der Waals surface area (Å²) in [6.45, 7) is 9.52. The molecular weight excluding hydrogens is 585 g/mol. The van der Waals surface area contributed by atoms with Crippen molar-refractivity contribution < 1.29 is 28.6 Å². The lowest BCUT2D eigenvalue weighted by molar-refractivity contribution is -0.147. The second-order valence-corrected chi connectivity index (χ2v) is 12.9. The van der Waals surface area contributed by atoms with E-state index in [1.54, 1.807) is 42.5 Å². The number of nitrogens with one attached hydrogen (secondary N) is 2. The first-order chi connectivity index (χ1) is 20.8. The van der Waals surface area contributed by atoms with Gasteiger partial charge in [0.15, 0.2) is 0 Å². The molecule has 0 spiro atoms. The van der Waals surface area contributed by atoms with Crippen LogP contribution in [0.5, 0.6) is 11.5 Å². The van der Waals surface area contributed by atoms with Crippen LogP contribution in [0.1, 0.15) is 38.3 Å². The first-order valence-electron chi connectivity index (χ1n) is 14.4. The summed E-state index contributed by atoms with van der Waals surface area (Å²) in [7, 11) is 0. The monoisotopic (exact) mass is 619 g/mol. The molecule has 1 saturated carbocycles. The van der Waals surface area contributed by atoms with Gasteiger partial charge in [-0.05, 0) is 77.6 Å². The van der Waals surface area contributed by atoms with E-state index in [0.717, 1.165) is 11.1 Å². The largest absolute Gasteiger partial charge is 0.479 e. The van der Waals surface area contributed by atoms with Crippen molar-refractivity contribution in [1.82, 2.24) is 10.2 Å². The van der Waals surface area contributed by atoms with Gasteiger partial charge in [0.05, 0.1) is 0 Å². The van der Waals surface area contributed by atoms with Gasteiger partial charge in [0.25, 0.3) is 0 Å². The van der Waals surface area contributed by atoms with Crippen LogP contribution in [-0.4, -0.2) is 45.4 Å². The van der Waals surface area contributed by atoms with Crippen LogP contribution in [0.4, 0.5) is 10.1 Å². The molecule has 3 N–H and O–H groups in total. The van der Waals surface area contributed by atoms with Gasteiger partial charge in [-0.15, -0.1) is 6.58 Å². The van der Waals surface area contributed by atoms with Gasteiger partial charge in [-0.1, -0.05) is 50.6 Å². The molecule has 1 unspecified atom stereocenters. The number of carboxylic acids is 1. The highest BCUT2D eigenvalue weighted by atomic mass is 35.5. The highest BCUT2D eigenvalue weighted by Gasteiger charge is 2.61.